The maximum atomic E-state index is 12.0. The molecule has 1 fully saturated rings. The summed E-state index contributed by atoms with van der Waals surface area (Å²) in [5.74, 6) is 0.111. The lowest BCUT2D eigenvalue weighted by atomic mass is 10.1. The van der Waals surface area contributed by atoms with Crippen molar-refractivity contribution in [1.82, 2.24) is 15.5 Å². The largest absolute Gasteiger partial charge is 0.358 e. The molecule has 2 N–H and O–H groups in total. The van der Waals surface area contributed by atoms with Crippen LogP contribution in [0.5, 0.6) is 0 Å². The molecule has 0 spiro atoms. The molecule has 1 aromatic carbocycles. The van der Waals surface area contributed by atoms with Crippen LogP contribution in [-0.2, 0) is 11.3 Å². The first kappa shape index (κ1) is 16.3. The Morgan fingerprint density at radius 1 is 1.38 bits per heavy atom. The Morgan fingerprint density at radius 2 is 2.05 bits per heavy atom. The van der Waals surface area contributed by atoms with Crippen molar-refractivity contribution in [1.29, 1.82) is 0 Å². The second kappa shape index (κ2) is 7.25. The summed E-state index contributed by atoms with van der Waals surface area (Å²) in [5, 5.41) is 7.07. The first-order valence-electron chi connectivity index (χ1n) is 7.46. The van der Waals surface area contributed by atoms with Gasteiger partial charge in [0.25, 0.3) is 0 Å². The average molecular weight is 310 g/mol. The molecule has 116 valence electrons. The number of carbonyl (C=O) groups excluding carboxylic acids is 1. The van der Waals surface area contributed by atoms with Crippen molar-refractivity contribution in [2.24, 2.45) is 0 Å². The summed E-state index contributed by atoms with van der Waals surface area (Å²) in [6, 6.07) is 8.54. The van der Waals surface area contributed by atoms with Crippen LogP contribution in [0.25, 0.3) is 0 Å². The maximum Gasteiger partial charge on any atom is 0.237 e. The molecule has 1 amide bonds. The third-order valence-corrected chi connectivity index (χ3v) is 4.31. The molecule has 2 atom stereocenters. The SMILES string of the molecule is CNC(=O)[C@@H]1C[C@@H](NCc2ccc(Cl)cc2)CN1C(C)C. The molecule has 0 radical (unpaired) electrons. The molecule has 1 aliphatic rings. The minimum Gasteiger partial charge on any atom is -0.358 e. The van der Waals surface area contributed by atoms with Gasteiger partial charge in [0.1, 0.15) is 0 Å². The Kier molecular flexibility index (Phi) is 5.62. The van der Waals surface area contributed by atoms with Crippen LogP contribution in [-0.4, -0.2) is 42.5 Å². The van der Waals surface area contributed by atoms with E-state index in [4.69, 9.17) is 11.6 Å². The van der Waals surface area contributed by atoms with E-state index in [9.17, 15) is 4.79 Å². The van der Waals surface area contributed by atoms with Gasteiger partial charge in [-0.1, -0.05) is 23.7 Å². The molecule has 5 heteroatoms. The van der Waals surface area contributed by atoms with Gasteiger partial charge in [-0.05, 0) is 38.0 Å². The smallest absolute Gasteiger partial charge is 0.237 e. The maximum absolute atomic E-state index is 12.0. The summed E-state index contributed by atoms with van der Waals surface area (Å²) in [5.41, 5.74) is 1.21. The fraction of sp³-hybridized carbons (Fsp3) is 0.562. The molecule has 1 saturated heterocycles. The first-order valence-corrected chi connectivity index (χ1v) is 7.84. The molecule has 4 nitrogen and oxygen atoms in total. The number of halogens is 1. The highest BCUT2D eigenvalue weighted by Crippen LogP contribution is 2.21. The van der Waals surface area contributed by atoms with Gasteiger partial charge in [-0.3, -0.25) is 9.69 Å². The fourth-order valence-corrected chi connectivity index (χ4v) is 2.99. The van der Waals surface area contributed by atoms with Crippen LogP contribution in [0.3, 0.4) is 0 Å². The molecule has 0 bridgehead atoms. The zero-order valence-electron chi connectivity index (χ0n) is 12.9. The van der Waals surface area contributed by atoms with E-state index in [0.717, 1.165) is 24.5 Å². The minimum atomic E-state index is -0.0299. The predicted octanol–water partition coefficient (Wildman–Crippen LogP) is 2.03. The summed E-state index contributed by atoms with van der Waals surface area (Å²) in [4.78, 5) is 14.3. The van der Waals surface area contributed by atoms with Gasteiger partial charge in [0.05, 0.1) is 6.04 Å². The zero-order valence-corrected chi connectivity index (χ0v) is 13.7. The number of likely N-dealkylation sites (N-methyl/N-ethyl adjacent to an activating group) is 1. The predicted molar refractivity (Wildman–Crippen MR) is 86.4 cm³/mol. The Bertz CT molecular complexity index is 475. The molecular formula is C16H24ClN3O. The van der Waals surface area contributed by atoms with Crippen LogP contribution in [0.1, 0.15) is 25.8 Å². The lowest BCUT2D eigenvalue weighted by Gasteiger charge is -2.26. The van der Waals surface area contributed by atoms with Crippen LogP contribution in [0.2, 0.25) is 5.02 Å². The van der Waals surface area contributed by atoms with Crippen LogP contribution >= 0.6 is 11.6 Å². The highest BCUT2D eigenvalue weighted by Gasteiger charge is 2.37. The van der Waals surface area contributed by atoms with Gasteiger partial charge >= 0.3 is 0 Å². The molecule has 0 unspecified atom stereocenters. The highest BCUT2D eigenvalue weighted by molar-refractivity contribution is 6.30. The third-order valence-electron chi connectivity index (χ3n) is 4.06. The summed E-state index contributed by atoms with van der Waals surface area (Å²) in [6.07, 6.45) is 0.853. The highest BCUT2D eigenvalue weighted by atomic mass is 35.5. The van der Waals surface area contributed by atoms with Gasteiger partial charge < -0.3 is 10.6 Å². The van der Waals surface area contributed by atoms with E-state index in [0.29, 0.717) is 12.1 Å². The van der Waals surface area contributed by atoms with Crippen molar-refractivity contribution in [3.05, 3.63) is 34.9 Å². The second-order valence-electron chi connectivity index (χ2n) is 5.86. The normalized spacial score (nSPS) is 22.7. The molecule has 0 aliphatic carbocycles. The number of nitrogens with zero attached hydrogens (tertiary/aromatic N) is 1. The van der Waals surface area contributed by atoms with Crippen LogP contribution < -0.4 is 10.6 Å². The molecule has 1 aliphatic heterocycles. The summed E-state index contributed by atoms with van der Waals surface area (Å²) in [6.45, 7) is 5.98. The monoisotopic (exact) mass is 309 g/mol. The number of nitrogens with one attached hydrogen (secondary N) is 2. The quantitative estimate of drug-likeness (QED) is 0.875. The molecule has 0 aromatic heterocycles. The van der Waals surface area contributed by atoms with Gasteiger partial charge in [-0.15, -0.1) is 0 Å². The summed E-state index contributed by atoms with van der Waals surface area (Å²) < 4.78 is 0. The van der Waals surface area contributed by atoms with Gasteiger partial charge in [0, 0.05) is 37.2 Å². The molecule has 2 rings (SSSR count). The van der Waals surface area contributed by atoms with E-state index in [1.807, 2.05) is 24.3 Å². The van der Waals surface area contributed by atoms with Crippen molar-refractivity contribution in [2.75, 3.05) is 13.6 Å². The topological polar surface area (TPSA) is 44.4 Å². The number of benzene rings is 1. The third kappa shape index (κ3) is 4.19. The molecule has 1 heterocycles. The Labute approximate surface area is 131 Å². The number of rotatable bonds is 5. The van der Waals surface area contributed by atoms with Gasteiger partial charge in [0.15, 0.2) is 0 Å². The summed E-state index contributed by atoms with van der Waals surface area (Å²) >= 11 is 5.89. The van der Waals surface area contributed by atoms with E-state index in [-0.39, 0.29) is 11.9 Å². The first-order chi connectivity index (χ1) is 10.0. The van der Waals surface area contributed by atoms with Crippen LogP contribution in [0, 0.1) is 0 Å². The van der Waals surface area contributed by atoms with Crippen molar-refractivity contribution >= 4 is 17.5 Å². The van der Waals surface area contributed by atoms with Crippen LogP contribution in [0.4, 0.5) is 0 Å². The Hall–Kier alpha value is -1.10. The van der Waals surface area contributed by atoms with Crippen molar-refractivity contribution < 1.29 is 4.79 Å². The van der Waals surface area contributed by atoms with Crippen molar-refractivity contribution in [3.8, 4) is 0 Å². The fourth-order valence-electron chi connectivity index (χ4n) is 2.87. The van der Waals surface area contributed by atoms with E-state index >= 15 is 0 Å². The number of amides is 1. The molecule has 21 heavy (non-hydrogen) atoms. The van der Waals surface area contributed by atoms with Gasteiger partial charge in [-0.2, -0.15) is 0 Å². The van der Waals surface area contributed by atoms with E-state index in [1.54, 1.807) is 7.05 Å². The molecular weight excluding hydrogens is 286 g/mol. The van der Waals surface area contributed by atoms with E-state index < -0.39 is 0 Å². The number of likely N-dealkylation sites (tertiary alicyclic amines) is 1. The van der Waals surface area contributed by atoms with Crippen molar-refractivity contribution in [2.45, 2.75) is 44.9 Å². The lowest BCUT2D eigenvalue weighted by Crippen LogP contribution is -2.45. The average Bonchev–Trinajstić information content (AvgIpc) is 2.90. The second-order valence-corrected chi connectivity index (χ2v) is 6.30. The lowest BCUT2D eigenvalue weighted by molar-refractivity contribution is -0.125. The van der Waals surface area contributed by atoms with E-state index in [1.165, 1.54) is 5.56 Å². The van der Waals surface area contributed by atoms with Crippen molar-refractivity contribution in [3.63, 3.8) is 0 Å². The van der Waals surface area contributed by atoms with Gasteiger partial charge in [-0.25, -0.2) is 0 Å². The van der Waals surface area contributed by atoms with Gasteiger partial charge in [0.2, 0.25) is 5.91 Å². The Morgan fingerprint density at radius 3 is 2.62 bits per heavy atom. The van der Waals surface area contributed by atoms with E-state index in [2.05, 4.69) is 29.4 Å². The minimum absolute atomic E-state index is 0.0299. The Balaban J connectivity index is 1.92. The number of hydrogen-bond donors (Lipinski definition) is 2. The molecule has 0 saturated carbocycles. The number of carbonyl (C=O) groups is 1. The molecule has 1 aromatic rings. The zero-order chi connectivity index (χ0) is 15.4. The summed E-state index contributed by atoms with van der Waals surface area (Å²) in [7, 11) is 1.70. The number of hydrogen-bond acceptors (Lipinski definition) is 3. The standard InChI is InChI=1S/C16H24ClN3O/c1-11(2)20-10-14(8-15(20)16(21)18-3)19-9-12-4-6-13(17)7-5-12/h4-7,11,14-15,19H,8-10H2,1-3H3,(H,18,21)/t14-,15+/m1/s1. The van der Waals surface area contributed by atoms with Crippen LogP contribution in [0.15, 0.2) is 24.3 Å².